The molecule has 13 heavy (non-hydrogen) atoms. The van der Waals surface area contributed by atoms with Crippen LogP contribution in [0, 0.1) is 5.41 Å². The molecule has 74 valence electrons. The molecule has 2 nitrogen and oxygen atoms in total. The molecule has 0 aromatic heterocycles. The predicted molar refractivity (Wildman–Crippen MR) is 42.2 cm³/mol. The largest absolute Gasteiger partial charge is 0.416 e. The fourth-order valence-corrected chi connectivity index (χ4v) is 0.901. The number of allylic oxidation sites excluding steroid dienone is 1. The van der Waals surface area contributed by atoms with Crippen molar-refractivity contribution in [3.8, 4) is 0 Å². The molecule has 1 atom stereocenters. The number of alkyl halides is 3. The van der Waals surface area contributed by atoms with E-state index in [9.17, 15) is 13.2 Å². The average molecular weight is 192 g/mol. The van der Waals surface area contributed by atoms with Crippen molar-refractivity contribution in [2.75, 3.05) is 0 Å². The fourth-order valence-electron chi connectivity index (χ4n) is 0.901. The Balaban J connectivity index is 2.84. The number of hydrogen-bond donors (Lipinski definition) is 0. The summed E-state index contributed by atoms with van der Waals surface area (Å²) < 4.78 is 36.4. The van der Waals surface area contributed by atoms with E-state index >= 15 is 0 Å². The maximum atomic E-state index is 12.1. The fraction of sp³-hybridized carbons (Fsp3) is 0.750. The highest BCUT2D eigenvalue weighted by molar-refractivity contribution is 5.17. The normalized spacial score (nSPS) is 23.5. The average Bonchev–Trinajstić information content (AvgIpc) is 2.28. The highest BCUT2D eigenvalue weighted by Crippen LogP contribution is 2.35. The number of azo groups is 1. The Kier molecular flexibility index (Phi) is 2.21. The van der Waals surface area contributed by atoms with Crippen LogP contribution in [0.5, 0.6) is 0 Å². The molecule has 0 spiro atoms. The van der Waals surface area contributed by atoms with Crippen molar-refractivity contribution in [3.05, 3.63) is 11.8 Å². The van der Waals surface area contributed by atoms with Gasteiger partial charge in [0, 0.05) is 5.41 Å². The van der Waals surface area contributed by atoms with Crippen LogP contribution < -0.4 is 0 Å². The number of nitrogens with zero attached hydrogens (tertiary/aromatic N) is 2. The van der Waals surface area contributed by atoms with Crippen LogP contribution in [0.25, 0.3) is 0 Å². The monoisotopic (exact) mass is 192 g/mol. The summed E-state index contributed by atoms with van der Waals surface area (Å²) in [4.78, 5) is 0. The topological polar surface area (TPSA) is 24.7 Å². The Morgan fingerprint density at radius 1 is 1.23 bits per heavy atom. The zero-order chi connectivity index (χ0) is 10.3. The van der Waals surface area contributed by atoms with E-state index in [-0.39, 0.29) is 5.41 Å². The second-order valence-corrected chi connectivity index (χ2v) is 4.00. The minimum atomic E-state index is -4.31. The smallest absolute Gasteiger partial charge is 0.172 e. The molecule has 0 bridgehead atoms. The maximum absolute atomic E-state index is 12.1. The van der Waals surface area contributed by atoms with Crippen LogP contribution in [0.1, 0.15) is 20.8 Å². The summed E-state index contributed by atoms with van der Waals surface area (Å²) in [6.45, 7) is 5.41. The summed E-state index contributed by atoms with van der Waals surface area (Å²) in [6, 6.07) is -1.75. The third kappa shape index (κ3) is 2.29. The minimum absolute atomic E-state index is 0.372. The van der Waals surface area contributed by atoms with Crippen molar-refractivity contribution in [3.63, 3.8) is 0 Å². The second kappa shape index (κ2) is 2.82. The van der Waals surface area contributed by atoms with Gasteiger partial charge in [-0.3, -0.25) is 0 Å². The Labute approximate surface area is 74.5 Å². The molecule has 0 aromatic carbocycles. The molecule has 0 aromatic rings. The van der Waals surface area contributed by atoms with E-state index in [1.54, 1.807) is 20.8 Å². The summed E-state index contributed by atoms with van der Waals surface area (Å²) >= 11 is 0. The van der Waals surface area contributed by atoms with Gasteiger partial charge in [-0.1, -0.05) is 20.8 Å². The van der Waals surface area contributed by atoms with Gasteiger partial charge in [0.15, 0.2) is 6.04 Å². The molecule has 0 saturated carbocycles. The van der Waals surface area contributed by atoms with Gasteiger partial charge in [0.2, 0.25) is 0 Å². The van der Waals surface area contributed by atoms with Crippen molar-refractivity contribution >= 4 is 0 Å². The van der Waals surface area contributed by atoms with Gasteiger partial charge in [-0.25, -0.2) is 0 Å². The third-order valence-corrected chi connectivity index (χ3v) is 1.71. The molecule has 0 N–H and O–H groups in total. The van der Waals surface area contributed by atoms with E-state index < -0.39 is 12.2 Å². The van der Waals surface area contributed by atoms with E-state index in [2.05, 4.69) is 10.2 Å². The molecule has 1 aliphatic heterocycles. The first-order chi connectivity index (χ1) is 5.71. The van der Waals surface area contributed by atoms with Gasteiger partial charge in [-0.2, -0.15) is 23.4 Å². The second-order valence-electron chi connectivity index (χ2n) is 4.00. The van der Waals surface area contributed by atoms with Gasteiger partial charge in [0.1, 0.15) is 0 Å². The van der Waals surface area contributed by atoms with Crippen LogP contribution in [-0.4, -0.2) is 12.2 Å². The van der Waals surface area contributed by atoms with Crippen LogP contribution >= 0.6 is 0 Å². The summed E-state index contributed by atoms with van der Waals surface area (Å²) in [5.41, 5.74) is 0.0265. The van der Waals surface area contributed by atoms with Crippen molar-refractivity contribution in [1.82, 2.24) is 0 Å². The Morgan fingerprint density at radius 2 is 1.77 bits per heavy atom. The third-order valence-electron chi connectivity index (χ3n) is 1.71. The van der Waals surface area contributed by atoms with Gasteiger partial charge >= 0.3 is 6.18 Å². The van der Waals surface area contributed by atoms with E-state index in [4.69, 9.17) is 0 Å². The standard InChI is InChI=1S/C8H11F3N2/c1-7(2,3)5-4-6(13-12-5)8(9,10)11/h4,6H,1-3H3. The highest BCUT2D eigenvalue weighted by atomic mass is 19.4. The Hall–Kier alpha value is -0.870. The summed E-state index contributed by atoms with van der Waals surface area (Å²) in [5.74, 6) is 0. The number of halogens is 3. The Bertz CT molecular complexity index is 258. The van der Waals surface area contributed by atoms with Crippen molar-refractivity contribution in [1.29, 1.82) is 0 Å². The zero-order valence-electron chi connectivity index (χ0n) is 7.68. The molecule has 1 heterocycles. The molecule has 1 unspecified atom stereocenters. The van der Waals surface area contributed by atoms with Gasteiger partial charge in [0.05, 0.1) is 5.70 Å². The molecule has 0 fully saturated rings. The van der Waals surface area contributed by atoms with Gasteiger partial charge < -0.3 is 0 Å². The highest BCUT2D eigenvalue weighted by Gasteiger charge is 2.42. The maximum Gasteiger partial charge on any atom is 0.416 e. The SMILES string of the molecule is CC(C)(C)C1=CC(C(F)(F)F)N=N1. The summed E-state index contributed by atoms with van der Waals surface area (Å²) in [6.07, 6.45) is -3.24. The lowest BCUT2D eigenvalue weighted by atomic mass is 9.92. The Morgan fingerprint density at radius 3 is 2.00 bits per heavy atom. The molecule has 0 amide bonds. The molecule has 0 radical (unpaired) electrons. The van der Waals surface area contributed by atoms with E-state index in [0.717, 1.165) is 6.08 Å². The molecule has 0 saturated heterocycles. The van der Waals surface area contributed by atoms with Crippen molar-refractivity contribution in [2.45, 2.75) is 33.0 Å². The number of rotatable bonds is 0. The van der Waals surface area contributed by atoms with Crippen molar-refractivity contribution in [2.24, 2.45) is 15.6 Å². The zero-order valence-corrected chi connectivity index (χ0v) is 7.68. The molecule has 0 aliphatic carbocycles. The molecular weight excluding hydrogens is 181 g/mol. The summed E-state index contributed by atoms with van der Waals surface area (Å²) in [7, 11) is 0. The van der Waals surface area contributed by atoms with Crippen molar-refractivity contribution < 1.29 is 13.2 Å². The lowest BCUT2D eigenvalue weighted by molar-refractivity contribution is -0.136. The molecular formula is C8H11F3N2. The quantitative estimate of drug-likeness (QED) is 0.562. The van der Waals surface area contributed by atoms with Crippen LogP contribution in [-0.2, 0) is 0 Å². The van der Waals surface area contributed by atoms with Gasteiger partial charge in [-0.15, -0.1) is 0 Å². The van der Waals surface area contributed by atoms with Crippen LogP contribution in [0.2, 0.25) is 0 Å². The lowest BCUT2D eigenvalue weighted by Crippen LogP contribution is -2.23. The van der Waals surface area contributed by atoms with Gasteiger partial charge in [0.25, 0.3) is 0 Å². The molecule has 1 aliphatic rings. The first-order valence-corrected chi connectivity index (χ1v) is 3.91. The first-order valence-electron chi connectivity index (χ1n) is 3.91. The van der Waals surface area contributed by atoms with E-state index in [1.807, 2.05) is 0 Å². The number of hydrogen-bond acceptors (Lipinski definition) is 2. The van der Waals surface area contributed by atoms with Crippen LogP contribution in [0.4, 0.5) is 13.2 Å². The molecule has 5 heteroatoms. The minimum Gasteiger partial charge on any atom is -0.172 e. The predicted octanol–water partition coefficient (Wildman–Crippen LogP) is 3.31. The molecule has 1 rings (SSSR count). The lowest BCUT2D eigenvalue weighted by Gasteiger charge is -2.15. The van der Waals surface area contributed by atoms with Crippen LogP contribution in [0.15, 0.2) is 22.0 Å². The van der Waals surface area contributed by atoms with E-state index in [1.165, 1.54) is 0 Å². The van der Waals surface area contributed by atoms with Crippen LogP contribution in [0.3, 0.4) is 0 Å². The van der Waals surface area contributed by atoms with Gasteiger partial charge in [-0.05, 0) is 6.08 Å². The first kappa shape index (κ1) is 10.2. The summed E-state index contributed by atoms with van der Waals surface area (Å²) in [5, 5.41) is 6.68. The van der Waals surface area contributed by atoms with E-state index in [0.29, 0.717) is 5.70 Å².